The monoisotopic (exact) mass is 600 g/mol. The van der Waals surface area contributed by atoms with Crippen LogP contribution in [0.1, 0.15) is 29.5 Å². The van der Waals surface area contributed by atoms with Crippen LogP contribution in [0, 0.1) is 11.7 Å². The van der Waals surface area contributed by atoms with Crippen molar-refractivity contribution in [1.29, 1.82) is 0 Å². The van der Waals surface area contributed by atoms with E-state index in [1.165, 1.54) is 30.7 Å². The smallest absolute Gasteiger partial charge is 0.309 e. The predicted molar refractivity (Wildman–Crippen MR) is 146 cm³/mol. The van der Waals surface area contributed by atoms with E-state index < -0.39 is 39.7 Å². The summed E-state index contributed by atoms with van der Waals surface area (Å²) in [7, 11) is -0.782. The van der Waals surface area contributed by atoms with Gasteiger partial charge in [-0.1, -0.05) is 12.1 Å². The van der Waals surface area contributed by atoms with Gasteiger partial charge in [0.15, 0.2) is 23.1 Å². The van der Waals surface area contributed by atoms with Crippen molar-refractivity contribution in [3.05, 3.63) is 53.3 Å². The Morgan fingerprint density at radius 3 is 2.58 bits per heavy atom. The second kappa shape index (κ2) is 13.3. The van der Waals surface area contributed by atoms with Crippen LogP contribution in [-0.2, 0) is 19.6 Å². The number of carboxylic acid groups (broad SMARTS) is 1. The molecule has 40 heavy (non-hydrogen) atoms. The molecule has 0 radical (unpaired) electrons. The van der Waals surface area contributed by atoms with Gasteiger partial charge in [0.05, 0.1) is 25.4 Å². The van der Waals surface area contributed by atoms with Crippen LogP contribution >= 0.6 is 11.6 Å². The summed E-state index contributed by atoms with van der Waals surface area (Å²) in [6.45, 7) is 1.04. The minimum absolute atomic E-state index is 0.0450. The molecule has 2 aromatic rings. The minimum Gasteiger partial charge on any atom is -0.494 e. The van der Waals surface area contributed by atoms with Crippen LogP contribution in [0.4, 0.5) is 4.39 Å². The second-order valence-corrected chi connectivity index (χ2v) is 12.1. The molecule has 1 fully saturated rings. The van der Waals surface area contributed by atoms with Crippen molar-refractivity contribution in [2.24, 2.45) is 5.92 Å². The Morgan fingerprint density at radius 1 is 1.15 bits per heavy atom. The quantitative estimate of drug-likeness (QED) is 0.326. The van der Waals surface area contributed by atoms with Gasteiger partial charge in [-0.05, 0) is 41.8 Å². The number of carboxylic acids is 1. The van der Waals surface area contributed by atoms with Crippen molar-refractivity contribution in [3.63, 3.8) is 0 Å². The average molecular weight is 601 g/mol. The largest absolute Gasteiger partial charge is 0.494 e. The first kappa shape index (κ1) is 30.3. The van der Waals surface area contributed by atoms with Gasteiger partial charge in [0, 0.05) is 51.1 Å². The summed E-state index contributed by atoms with van der Waals surface area (Å²) < 4.78 is 63.4. The van der Waals surface area contributed by atoms with E-state index in [1.54, 1.807) is 18.2 Å². The topological polar surface area (TPSA) is 115 Å². The zero-order valence-electron chi connectivity index (χ0n) is 22.4. The number of methoxy groups -OCH3 is 2. The maximum atomic E-state index is 14.8. The lowest BCUT2D eigenvalue weighted by atomic mass is 9.82. The van der Waals surface area contributed by atoms with Gasteiger partial charge in [-0.25, -0.2) is 12.8 Å². The summed E-state index contributed by atoms with van der Waals surface area (Å²) in [4.78, 5) is 14.7. The number of sulfonamides is 1. The Balaban J connectivity index is 1.69. The Labute approximate surface area is 238 Å². The molecule has 3 atom stereocenters. The van der Waals surface area contributed by atoms with E-state index in [2.05, 4.69) is 0 Å². The van der Waals surface area contributed by atoms with E-state index in [9.17, 15) is 22.7 Å². The number of carbonyl (C=O) groups is 1. The highest BCUT2D eigenvalue weighted by Gasteiger charge is 2.48. The lowest BCUT2D eigenvalue weighted by Crippen LogP contribution is -2.42. The number of halogens is 2. The summed E-state index contributed by atoms with van der Waals surface area (Å²) in [5.41, 5.74) is 1.20. The molecule has 0 spiro atoms. The van der Waals surface area contributed by atoms with Crippen LogP contribution in [-0.4, -0.2) is 94.1 Å². The number of alkyl halides is 1. The van der Waals surface area contributed by atoms with Gasteiger partial charge in [-0.2, -0.15) is 4.31 Å². The molecule has 0 bridgehead atoms. The van der Waals surface area contributed by atoms with Gasteiger partial charge < -0.3 is 24.1 Å². The fraction of sp³-hybridized carbons (Fsp3) is 0.519. The minimum atomic E-state index is -3.63. The molecular formula is C27H34ClFN2O8S. The van der Waals surface area contributed by atoms with Crippen molar-refractivity contribution in [2.45, 2.75) is 18.4 Å². The number of benzene rings is 2. The number of aliphatic carboxylic acids is 1. The summed E-state index contributed by atoms with van der Waals surface area (Å²) in [6, 6.07) is 9.01. The number of likely N-dealkylation sites (tertiary alicyclic amines) is 1. The second-order valence-electron chi connectivity index (χ2n) is 9.67. The molecule has 10 nitrogen and oxygen atoms in total. The first-order chi connectivity index (χ1) is 19.2. The maximum Gasteiger partial charge on any atom is 0.309 e. The first-order valence-corrected chi connectivity index (χ1v) is 15.1. The Morgan fingerprint density at radius 2 is 1.90 bits per heavy atom. The molecule has 2 aliphatic heterocycles. The third-order valence-electron chi connectivity index (χ3n) is 7.34. The highest BCUT2D eigenvalue weighted by Crippen LogP contribution is 2.48. The van der Waals surface area contributed by atoms with E-state index in [1.807, 2.05) is 11.0 Å². The van der Waals surface area contributed by atoms with Crippen molar-refractivity contribution >= 4 is 27.6 Å². The average Bonchev–Trinajstić information content (AvgIpc) is 3.56. The number of ether oxygens (including phenoxy) is 4. The van der Waals surface area contributed by atoms with Crippen molar-refractivity contribution in [1.82, 2.24) is 9.21 Å². The van der Waals surface area contributed by atoms with Crippen LogP contribution < -0.4 is 14.2 Å². The summed E-state index contributed by atoms with van der Waals surface area (Å²) in [5.74, 6) is -1.83. The molecule has 2 heterocycles. The van der Waals surface area contributed by atoms with Gasteiger partial charge in [-0.15, -0.1) is 11.6 Å². The van der Waals surface area contributed by atoms with Crippen LogP contribution in [0.5, 0.6) is 17.2 Å². The summed E-state index contributed by atoms with van der Waals surface area (Å²) in [5, 5.41) is 10.4. The van der Waals surface area contributed by atoms with Gasteiger partial charge in [0.1, 0.15) is 0 Å². The van der Waals surface area contributed by atoms with E-state index in [0.717, 1.165) is 5.56 Å². The summed E-state index contributed by atoms with van der Waals surface area (Å²) in [6.07, 6.45) is 0.304. The number of hydrogen-bond acceptors (Lipinski definition) is 8. The van der Waals surface area contributed by atoms with Crippen LogP contribution in [0.3, 0.4) is 0 Å². The van der Waals surface area contributed by atoms with Crippen molar-refractivity contribution < 1.29 is 41.7 Å². The molecule has 4 rings (SSSR count). The van der Waals surface area contributed by atoms with Gasteiger partial charge in [0.25, 0.3) is 0 Å². The Hall–Kier alpha value is -2.64. The fourth-order valence-corrected chi connectivity index (χ4v) is 7.17. The van der Waals surface area contributed by atoms with Crippen LogP contribution in [0.25, 0.3) is 0 Å². The van der Waals surface area contributed by atoms with Gasteiger partial charge in [-0.3, -0.25) is 9.69 Å². The lowest BCUT2D eigenvalue weighted by molar-refractivity contribution is -0.143. The normalized spacial score (nSPS) is 20.8. The maximum absolute atomic E-state index is 14.8. The fourth-order valence-electron chi connectivity index (χ4n) is 5.39. The lowest BCUT2D eigenvalue weighted by Gasteiger charge is -2.30. The van der Waals surface area contributed by atoms with Crippen molar-refractivity contribution in [3.8, 4) is 17.2 Å². The van der Waals surface area contributed by atoms with E-state index in [0.29, 0.717) is 30.0 Å². The molecular weight excluding hydrogens is 567 g/mol. The highest BCUT2D eigenvalue weighted by molar-refractivity contribution is 7.89. The number of rotatable bonds is 14. The molecule has 1 N–H and O–H groups in total. The van der Waals surface area contributed by atoms with E-state index in [4.69, 9.17) is 30.5 Å². The van der Waals surface area contributed by atoms with E-state index >= 15 is 0 Å². The zero-order valence-corrected chi connectivity index (χ0v) is 24.0. The molecule has 2 aromatic carbocycles. The van der Waals surface area contributed by atoms with Crippen molar-refractivity contribution in [2.75, 3.05) is 65.4 Å². The molecule has 0 amide bonds. The predicted octanol–water partition coefficient (Wildman–Crippen LogP) is 3.31. The van der Waals surface area contributed by atoms with E-state index in [-0.39, 0.29) is 50.4 Å². The molecule has 0 saturated carbocycles. The Kier molecular flexibility index (Phi) is 10.1. The summed E-state index contributed by atoms with van der Waals surface area (Å²) >= 11 is 5.75. The van der Waals surface area contributed by atoms with Gasteiger partial charge >= 0.3 is 5.97 Å². The Bertz CT molecular complexity index is 1300. The number of hydrogen-bond donors (Lipinski definition) is 1. The standard InChI is InChI=1S/C27H34ClFN2O8S/c1-36-12-11-31(40(34,35)13-3-8-28)10-9-30-16-20(18-4-7-23-24(15-18)39-17-38-23)25(27(32)33)26(30)19-5-6-22(37-2)21(29)14-19/h4-7,14-15,20,25-26H,3,8-13,16-17H2,1-2H3,(H,32,33). The highest BCUT2D eigenvalue weighted by atomic mass is 35.5. The molecule has 2 aliphatic rings. The molecule has 13 heteroatoms. The molecule has 1 saturated heterocycles. The molecule has 0 aromatic heterocycles. The van der Waals surface area contributed by atoms with Crippen LogP contribution in [0.2, 0.25) is 0 Å². The first-order valence-electron chi connectivity index (χ1n) is 12.9. The third-order valence-corrected chi connectivity index (χ3v) is 9.56. The third kappa shape index (κ3) is 6.63. The number of fused-ring (bicyclic) bond motifs is 1. The number of nitrogens with zero attached hydrogens (tertiary/aromatic N) is 2. The van der Waals surface area contributed by atoms with Crippen LogP contribution in [0.15, 0.2) is 36.4 Å². The van der Waals surface area contributed by atoms with Gasteiger partial charge in [0.2, 0.25) is 16.8 Å². The SMILES string of the molecule is COCCN(CCN1CC(c2ccc3c(c2)OCO3)C(C(=O)O)C1c1ccc(OC)c(F)c1)S(=O)(=O)CCCCl. The molecule has 3 unspecified atom stereocenters. The zero-order chi connectivity index (χ0) is 28.9. The molecule has 0 aliphatic carbocycles. The molecule has 220 valence electrons.